The Bertz CT molecular complexity index is 954. The fraction of sp³-hybridized carbons (Fsp3) is 0.263. The molecule has 0 radical (unpaired) electrons. The van der Waals surface area contributed by atoms with E-state index in [0.717, 1.165) is 23.4 Å². The Morgan fingerprint density at radius 3 is 2.89 bits per heavy atom. The lowest BCUT2D eigenvalue weighted by atomic mass is 10.2. The van der Waals surface area contributed by atoms with Crippen molar-refractivity contribution in [2.75, 3.05) is 11.9 Å². The maximum absolute atomic E-state index is 11.8. The van der Waals surface area contributed by atoms with Gasteiger partial charge in [-0.15, -0.1) is 22.7 Å². The number of anilines is 1. The molecular formula is C19H17N3O3S2. The molecule has 2 aromatic heterocycles. The summed E-state index contributed by atoms with van der Waals surface area (Å²) in [6.45, 7) is -0.348. The monoisotopic (exact) mass is 399 g/mol. The summed E-state index contributed by atoms with van der Waals surface area (Å²) in [6, 6.07) is 11.6. The number of hydrogen-bond acceptors (Lipinski definition) is 7. The molecule has 27 heavy (non-hydrogen) atoms. The minimum atomic E-state index is -0.447. The summed E-state index contributed by atoms with van der Waals surface area (Å²) in [5.74, 6) is -0.849. The van der Waals surface area contributed by atoms with Crippen molar-refractivity contribution in [1.29, 1.82) is 5.26 Å². The number of carbonyl (C=O) groups is 2. The van der Waals surface area contributed by atoms with Gasteiger partial charge in [-0.3, -0.25) is 9.59 Å². The Balaban J connectivity index is 1.33. The van der Waals surface area contributed by atoms with E-state index in [-0.39, 0.29) is 13.0 Å². The van der Waals surface area contributed by atoms with Crippen LogP contribution < -0.4 is 5.32 Å². The van der Waals surface area contributed by atoms with Crippen molar-refractivity contribution < 1.29 is 14.3 Å². The van der Waals surface area contributed by atoms with E-state index in [0.29, 0.717) is 17.0 Å². The molecule has 0 saturated carbocycles. The van der Waals surface area contributed by atoms with Gasteiger partial charge in [0.15, 0.2) is 6.61 Å². The maximum Gasteiger partial charge on any atom is 0.306 e. The van der Waals surface area contributed by atoms with Crippen LogP contribution in [0, 0.1) is 11.3 Å². The van der Waals surface area contributed by atoms with Gasteiger partial charge in [0.2, 0.25) is 0 Å². The Morgan fingerprint density at radius 2 is 2.07 bits per heavy atom. The largest absolute Gasteiger partial charge is 0.456 e. The molecule has 2 heterocycles. The molecule has 0 aliphatic carbocycles. The number of amides is 1. The van der Waals surface area contributed by atoms with Gasteiger partial charge in [0.25, 0.3) is 5.91 Å². The lowest BCUT2D eigenvalue weighted by Gasteiger charge is -2.05. The Hall–Kier alpha value is -2.76. The summed E-state index contributed by atoms with van der Waals surface area (Å²) in [7, 11) is 0. The summed E-state index contributed by atoms with van der Waals surface area (Å²) in [5, 5.41) is 14.7. The standard InChI is InChI=1S/C19H17N3O3S2/c20-11-13-9-10-26-19(13)22-16(23)12-25-18(24)8-4-3-7-17-21-14-5-1-2-6-15(14)27-17/h1-2,5-6,9-10H,3-4,7-8,12H2,(H,22,23). The van der Waals surface area contributed by atoms with Crippen LogP contribution in [-0.2, 0) is 20.7 Å². The highest BCUT2D eigenvalue weighted by Crippen LogP contribution is 2.23. The van der Waals surface area contributed by atoms with E-state index in [4.69, 9.17) is 10.00 Å². The summed E-state index contributed by atoms with van der Waals surface area (Å²) in [4.78, 5) is 28.1. The maximum atomic E-state index is 11.8. The molecule has 1 amide bonds. The highest BCUT2D eigenvalue weighted by molar-refractivity contribution is 7.18. The molecule has 138 valence electrons. The Labute approximate surface area is 164 Å². The zero-order valence-electron chi connectivity index (χ0n) is 14.4. The van der Waals surface area contributed by atoms with Crippen LogP contribution in [0.15, 0.2) is 35.7 Å². The molecule has 0 atom stereocenters. The number of thiophene rings is 1. The van der Waals surface area contributed by atoms with Crippen molar-refractivity contribution >= 4 is 49.8 Å². The molecule has 3 rings (SSSR count). The number of nitrogens with one attached hydrogen (secondary N) is 1. The third kappa shape index (κ3) is 5.36. The van der Waals surface area contributed by atoms with Crippen LogP contribution in [0.1, 0.15) is 29.8 Å². The normalized spacial score (nSPS) is 10.5. The predicted octanol–water partition coefficient (Wildman–Crippen LogP) is 4.12. The number of ether oxygens (including phenoxy) is 1. The number of para-hydroxylation sites is 1. The molecular weight excluding hydrogens is 382 g/mol. The van der Waals surface area contributed by atoms with E-state index in [9.17, 15) is 9.59 Å². The number of esters is 1. The molecule has 1 aromatic carbocycles. The molecule has 0 saturated heterocycles. The molecule has 3 aromatic rings. The van der Waals surface area contributed by atoms with Crippen molar-refractivity contribution in [3.8, 4) is 6.07 Å². The van der Waals surface area contributed by atoms with E-state index in [1.165, 1.54) is 16.0 Å². The number of aromatic nitrogens is 1. The second-order valence-corrected chi connectivity index (χ2v) is 7.80. The second kappa shape index (κ2) is 9.26. The lowest BCUT2D eigenvalue weighted by Crippen LogP contribution is -2.20. The molecule has 0 fully saturated rings. The first-order valence-electron chi connectivity index (χ1n) is 8.43. The zero-order valence-corrected chi connectivity index (χ0v) is 16.1. The number of nitrogens with zero attached hydrogens (tertiary/aromatic N) is 2. The number of fused-ring (bicyclic) bond motifs is 1. The number of carbonyl (C=O) groups excluding carboxylic acids is 2. The van der Waals surface area contributed by atoms with Gasteiger partial charge in [0.1, 0.15) is 11.1 Å². The molecule has 0 bridgehead atoms. The van der Waals surface area contributed by atoms with Crippen LogP contribution in [-0.4, -0.2) is 23.5 Å². The molecule has 0 aliphatic rings. The minimum Gasteiger partial charge on any atom is -0.456 e. The first kappa shape index (κ1) is 19.0. The van der Waals surface area contributed by atoms with Crippen LogP contribution in [0.5, 0.6) is 0 Å². The number of thiazole rings is 1. The van der Waals surface area contributed by atoms with Gasteiger partial charge >= 0.3 is 5.97 Å². The fourth-order valence-electron chi connectivity index (χ4n) is 2.45. The summed E-state index contributed by atoms with van der Waals surface area (Å²) in [5.41, 5.74) is 1.41. The smallest absolute Gasteiger partial charge is 0.306 e. The number of rotatable bonds is 8. The minimum absolute atomic E-state index is 0.265. The summed E-state index contributed by atoms with van der Waals surface area (Å²) < 4.78 is 6.15. The van der Waals surface area contributed by atoms with Crippen LogP contribution in [0.3, 0.4) is 0 Å². The molecule has 8 heteroatoms. The first-order valence-corrected chi connectivity index (χ1v) is 10.1. The van der Waals surface area contributed by atoms with Gasteiger partial charge < -0.3 is 10.1 Å². The third-order valence-corrected chi connectivity index (χ3v) is 5.69. The van der Waals surface area contributed by atoms with Crippen LogP contribution >= 0.6 is 22.7 Å². The quantitative estimate of drug-likeness (QED) is 0.454. The molecule has 1 N–H and O–H groups in total. The first-order chi connectivity index (χ1) is 13.2. The molecule has 0 unspecified atom stereocenters. The molecule has 0 spiro atoms. The Kier molecular flexibility index (Phi) is 6.52. The van der Waals surface area contributed by atoms with Gasteiger partial charge in [-0.05, 0) is 42.8 Å². The highest BCUT2D eigenvalue weighted by Gasteiger charge is 2.11. The van der Waals surface area contributed by atoms with Gasteiger partial charge in [0, 0.05) is 6.42 Å². The fourth-order valence-corrected chi connectivity index (χ4v) is 4.21. The van der Waals surface area contributed by atoms with E-state index < -0.39 is 11.9 Å². The third-order valence-electron chi connectivity index (χ3n) is 3.76. The van der Waals surface area contributed by atoms with Gasteiger partial charge in [-0.25, -0.2) is 4.98 Å². The van der Waals surface area contributed by atoms with Gasteiger partial charge in [-0.1, -0.05) is 12.1 Å². The predicted molar refractivity (Wildman–Crippen MR) is 106 cm³/mol. The van der Waals surface area contributed by atoms with Gasteiger partial charge in [-0.2, -0.15) is 5.26 Å². The molecule has 0 aliphatic heterocycles. The topological polar surface area (TPSA) is 92.1 Å². The summed E-state index contributed by atoms with van der Waals surface area (Å²) in [6.07, 6.45) is 2.60. The summed E-state index contributed by atoms with van der Waals surface area (Å²) >= 11 is 2.93. The molecule has 6 nitrogen and oxygen atoms in total. The average Bonchev–Trinajstić information content (AvgIpc) is 3.29. The van der Waals surface area contributed by atoms with Crippen LogP contribution in [0.25, 0.3) is 10.2 Å². The second-order valence-electron chi connectivity index (χ2n) is 5.77. The van der Waals surface area contributed by atoms with E-state index in [1.54, 1.807) is 22.8 Å². The van der Waals surface area contributed by atoms with E-state index in [1.807, 2.05) is 24.3 Å². The van der Waals surface area contributed by atoms with E-state index >= 15 is 0 Å². The number of aryl methyl sites for hydroxylation is 1. The van der Waals surface area contributed by atoms with Crippen LogP contribution in [0.2, 0.25) is 0 Å². The van der Waals surface area contributed by atoms with E-state index in [2.05, 4.69) is 16.4 Å². The number of nitriles is 1. The van der Waals surface area contributed by atoms with Crippen molar-refractivity contribution in [3.05, 3.63) is 46.3 Å². The number of hydrogen-bond donors (Lipinski definition) is 1. The van der Waals surface area contributed by atoms with Crippen molar-refractivity contribution in [3.63, 3.8) is 0 Å². The zero-order chi connectivity index (χ0) is 19.1. The SMILES string of the molecule is N#Cc1ccsc1NC(=O)COC(=O)CCCCc1nc2ccccc2s1. The average molecular weight is 399 g/mol. The van der Waals surface area contributed by atoms with Gasteiger partial charge in [0.05, 0.1) is 20.8 Å². The number of benzene rings is 1. The van der Waals surface area contributed by atoms with Crippen LogP contribution in [0.4, 0.5) is 5.00 Å². The van der Waals surface area contributed by atoms with Crippen molar-refractivity contribution in [2.45, 2.75) is 25.7 Å². The Morgan fingerprint density at radius 1 is 1.22 bits per heavy atom. The van der Waals surface area contributed by atoms with Crippen molar-refractivity contribution in [2.24, 2.45) is 0 Å². The lowest BCUT2D eigenvalue weighted by molar-refractivity contribution is -0.147. The van der Waals surface area contributed by atoms with Crippen molar-refractivity contribution in [1.82, 2.24) is 4.98 Å². The highest BCUT2D eigenvalue weighted by atomic mass is 32.1. The number of unbranched alkanes of at least 4 members (excludes halogenated alkanes) is 1.